The minimum Gasteiger partial charge on any atom is -0.488 e. The Morgan fingerprint density at radius 3 is 2.72 bits per heavy atom. The second-order valence-electron chi connectivity index (χ2n) is 8.42. The van der Waals surface area contributed by atoms with Gasteiger partial charge in [0.1, 0.15) is 36.1 Å². The number of carbonyl (C=O) groups excluding carboxylic acids is 1. The van der Waals surface area contributed by atoms with Gasteiger partial charge in [0.15, 0.2) is 6.29 Å². The number of ether oxygens (including phenoxy) is 2. The van der Waals surface area contributed by atoms with Gasteiger partial charge in [0.05, 0.1) is 16.1 Å². The van der Waals surface area contributed by atoms with Gasteiger partial charge in [-0.15, -0.1) is 0 Å². The number of halogens is 2. The third-order valence-corrected chi connectivity index (χ3v) is 6.45. The summed E-state index contributed by atoms with van der Waals surface area (Å²) in [7, 11) is 0. The average molecular weight is 499 g/mol. The molecule has 0 N–H and O–H groups in total. The molecule has 1 heterocycles. The van der Waals surface area contributed by atoms with Crippen LogP contribution in [0.15, 0.2) is 73.1 Å². The molecule has 0 amide bonds. The molecule has 5 nitrogen and oxygen atoms in total. The quantitative estimate of drug-likeness (QED) is 0.260. The van der Waals surface area contributed by atoms with Gasteiger partial charge in [-0.3, -0.25) is 9.78 Å². The van der Waals surface area contributed by atoms with Crippen LogP contribution in [0, 0.1) is 17.1 Å². The minimum absolute atomic E-state index is 0.114. The van der Waals surface area contributed by atoms with Gasteiger partial charge in [0, 0.05) is 29.6 Å². The number of rotatable bonds is 7. The zero-order valence-electron chi connectivity index (χ0n) is 19.1. The maximum Gasteiger partial charge on any atom is 0.153 e. The predicted octanol–water partition coefficient (Wildman–Crippen LogP) is 6.87. The zero-order valence-corrected chi connectivity index (χ0v) is 19.8. The fraction of sp³-hybridized carbons (Fsp3) is 0.138. The van der Waals surface area contributed by atoms with Crippen LogP contribution in [0.2, 0.25) is 5.02 Å². The van der Waals surface area contributed by atoms with Gasteiger partial charge in [-0.25, -0.2) is 4.39 Å². The number of nitrogens with zero attached hydrogens (tertiary/aromatic N) is 2. The summed E-state index contributed by atoms with van der Waals surface area (Å²) in [6, 6.07) is 19.4. The van der Waals surface area contributed by atoms with E-state index in [0.29, 0.717) is 40.9 Å². The highest BCUT2D eigenvalue weighted by molar-refractivity contribution is 6.32. The van der Waals surface area contributed by atoms with Crippen LogP contribution in [0.5, 0.6) is 11.5 Å². The number of aromatic nitrogens is 1. The number of pyridine rings is 1. The van der Waals surface area contributed by atoms with Crippen molar-refractivity contribution >= 4 is 17.9 Å². The van der Waals surface area contributed by atoms with Gasteiger partial charge in [0.25, 0.3) is 0 Å². The molecule has 178 valence electrons. The molecular formula is C29H20ClFN2O3. The van der Waals surface area contributed by atoms with E-state index in [1.165, 1.54) is 18.3 Å². The summed E-state index contributed by atoms with van der Waals surface area (Å²) in [5.74, 6) is 0.431. The van der Waals surface area contributed by atoms with Crippen LogP contribution in [0.4, 0.5) is 4.39 Å². The number of benzene rings is 3. The van der Waals surface area contributed by atoms with Crippen molar-refractivity contribution in [3.8, 4) is 28.7 Å². The Kier molecular flexibility index (Phi) is 6.66. The fourth-order valence-electron chi connectivity index (χ4n) is 4.47. The molecule has 4 aromatic rings. The number of hydrogen-bond donors (Lipinski definition) is 0. The zero-order chi connectivity index (χ0) is 25.1. The second kappa shape index (κ2) is 10.2. The SMILES string of the molecule is N#Cc1cncc(COc2cc(O[C@@H]3CCc4c(-c5ccccc5F)cccc43)c(Cl)cc2C=O)c1. The third-order valence-electron chi connectivity index (χ3n) is 6.16. The lowest BCUT2D eigenvalue weighted by atomic mass is 9.96. The molecule has 36 heavy (non-hydrogen) atoms. The third kappa shape index (κ3) is 4.66. The van der Waals surface area contributed by atoms with E-state index < -0.39 is 0 Å². The smallest absolute Gasteiger partial charge is 0.153 e. The van der Waals surface area contributed by atoms with Crippen LogP contribution < -0.4 is 9.47 Å². The topological polar surface area (TPSA) is 72.2 Å². The number of nitriles is 1. The Morgan fingerprint density at radius 2 is 1.92 bits per heavy atom. The van der Waals surface area contributed by atoms with E-state index in [1.807, 2.05) is 30.3 Å². The maximum absolute atomic E-state index is 14.5. The highest BCUT2D eigenvalue weighted by Gasteiger charge is 2.28. The highest BCUT2D eigenvalue weighted by Crippen LogP contribution is 2.43. The Morgan fingerprint density at radius 1 is 1.08 bits per heavy atom. The number of carbonyl (C=O) groups is 1. The average Bonchev–Trinajstić information content (AvgIpc) is 3.32. The van der Waals surface area contributed by atoms with E-state index in [-0.39, 0.29) is 29.1 Å². The van der Waals surface area contributed by atoms with Crippen LogP contribution in [0.1, 0.15) is 45.1 Å². The molecule has 1 aliphatic carbocycles. The Labute approximate surface area is 212 Å². The summed E-state index contributed by atoms with van der Waals surface area (Å²) in [5.41, 5.74) is 4.84. The van der Waals surface area contributed by atoms with Crippen molar-refractivity contribution in [2.75, 3.05) is 0 Å². The first-order valence-corrected chi connectivity index (χ1v) is 11.7. The first-order valence-electron chi connectivity index (χ1n) is 11.4. The molecule has 0 spiro atoms. The minimum atomic E-state index is -0.282. The number of fused-ring (bicyclic) bond motifs is 1. The van der Waals surface area contributed by atoms with Crippen molar-refractivity contribution in [2.45, 2.75) is 25.6 Å². The van der Waals surface area contributed by atoms with Crippen LogP contribution in [0.3, 0.4) is 0 Å². The van der Waals surface area contributed by atoms with E-state index in [0.717, 1.165) is 23.1 Å². The Bertz CT molecular complexity index is 1500. The van der Waals surface area contributed by atoms with Crippen LogP contribution >= 0.6 is 11.6 Å². The van der Waals surface area contributed by atoms with Crippen LogP contribution in [0.25, 0.3) is 11.1 Å². The van der Waals surface area contributed by atoms with Crippen molar-refractivity contribution in [3.63, 3.8) is 0 Å². The van der Waals surface area contributed by atoms with E-state index in [9.17, 15) is 9.18 Å². The molecule has 7 heteroatoms. The normalized spacial score (nSPS) is 14.1. The molecule has 3 aromatic carbocycles. The molecule has 0 aliphatic heterocycles. The lowest BCUT2D eigenvalue weighted by Crippen LogP contribution is -2.06. The van der Waals surface area contributed by atoms with Crippen molar-refractivity contribution in [3.05, 3.63) is 112 Å². The van der Waals surface area contributed by atoms with Crippen molar-refractivity contribution in [1.29, 1.82) is 5.26 Å². The van der Waals surface area contributed by atoms with Crippen molar-refractivity contribution in [1.82, 2.24) is 4.98 Å². The summed E-state index contributed by atoms with van der Waals surface area (Å²) in [5, 5.41) is 9.36. The number of hydrogen-bond acceptors (Lipinski definition) is 5. The Balaban J connectivity index is 1.41. The van der Waals surface area contributed by atoms with Gasteiger partial charge in [0.2, 0.25) is 0 Å². The van der Waals surface area contributed by atoms with E-state index in [1.54, 1.807) is 30.5 Å². The predicted molar refractivity (Wildman–Crippen MR) is 134 cm³/mol. The molecule has 0 fully saturated rings. The molecule has 0 saturated heterocycles. The monoisotopic (exact) mass is 498 g/mol. The summed E-state index contributed by atoms with van der Waals surface area (Å²) in [6.07, 6.45) is 4.88. The molecule has 0 saturated carbocycles. The van der Waals surface area contributed by atoms with Crippen molar-refractivity contribution < 1.29 is 18.7 Å². The molecule has 0 radical (unpaired) electrons. The first kappa shape index (κ1) is 23.5. The molecular weight excluding hydrogens is 479 g/mol. The van der Waals surface area contributed by atoms with Gasteiger partial charge in [-0.05, 0) is 47.7 Å². The Hall–Kier alpha value is -4.21. The summed E-state index contributed by atoms with van der Waals surface area (Å²) < 4.78 is 26.7. The fourth-order valence-corrected chi connectivity index (χ4v) is 4.69. The molecule has 5 rings (SSSR count). The standard InChI is InChI=1S/C29H20ClFN2O3/c30-25-11-20(16-34)28(35-17-19-10-18(13-32)14-33-15-19)12-29(25)36-27-9-8-22-21(5-3-6-24(22)27)23-4-1-2-7-26(23)31/h1-7,10-12,14-16,27H,8-9,17H2/t27-/m1/s1. The van der Waals surface area contributed by atoms with E-state index in [2.05, 4.69) is 4.98 Å². The maximum atomic E-state index is 14.5. The van der Waals surface area contributed by atoms with Gasteiger partial charge < -0.3 is 9.47 Å². The van der Waals surface area contributed by atoms with E-state index in [4.69, 9.17) is 26.3 Å². The summed E-state index contributed by atoms with van der Waals surface area (Å²) in [4.78, 5) is 15.7. The van der Waals surface area contributed by atoms with Crippen LogP contribution in [-0.2, 0) is 13.0 Å². The van der Waals surface area contributed by atoms with Gasteiger partial charge >= 0.3 is 0 Å². The van der Waals surface area contributed by atoms with Gasteiger partial charge in [-0.2, -0.15) is 5.26 Å². The second-order valence-corrected chi connectivity index (χ2v) is 8.83. The van der Waals surface area contributed by atoms with Crippen LogP contribution in [-0.4, -0.2) is 11.3 Å². The molecule has 0 unspecified atom stereocenters. The highest BCUT2D eigenvalue weighted by atomic mass is 35.5. The lowest BCUT2D eigenvalue weighted by Gasteiger charge is -2.18. The molecule has 0 bridgehead atoms. The summed E-state index contributed by atoms with van der Waals surface area (Å²) >= 11 is 6.46. The first-order chi connectivity index (χ1) is 17.6. The van der Waals surface area contributed by atoms with E-state index >= 15 is 0 Å². The lowest BCUT2D eigenvalue weighted by molar-refractivity contribution is 0.111. The van der Waals surface area contributed by atoms with Gasteiger partial charge in [-0.1, -0.05) is 48.0 Å². The number of aldehydes is 1. The molecule has 1 atom stereocenters. The summed E-state index contributed by atoms with van der Waals surface area (Å²) in [6.45, 7) is 0.114. The molecule has 1 aromatic heterocycles. The molecule has 1 aliphatic rings. The van der Waals surface area contributed by atoms with Crippen molar-refractivity contribution in [2.24, 2.45) is 0 Å². The largest absolute Gasteiger partial charge is 0.488 e.